The van der Waals surface area contributed by atoms with Crippen molar-refractivity contribution >= 4 is 5.97 Å². The van der Waals surface area contributed by atoms with Gasteiger partial charge in [0.25, 0.3) is 0 Å². The summed E-state index contributed by atoms with van der Waals surface area (Å²) in [6.07, 6.45) is 1.50. The van der Waals surface area contributed by atoms with Crippen molar-refractivity contribution in [3.05, 3.63) is 35.7 Å². The molecule has 2 aromatic rings. The molecule has 0 bridgehead atoms. The molecule has 142 valence electrons. The fraction of sp³-hybridized carbons (Fsp3) is 0.556. The smallest absolute Gasteiger partial charge is 0.306 e. The average molecular weight is 361 g/mol. The summed E-state index contributed by atoms with van der Waals surface area (Å²) in [6, 6.07) is 7.36. The van der Waals surface area contributed by atoms with Crippen molar-refractivity contribution in [2.75, 3.05) is 7.11 Å². The molecule has 0 saturated carbocycles. The molecule has 0 unspecified atom stereocenters. The van der Waals surface area contributed by atoms with Crippen LogP contribution < -0.4 is 10.5 Å². The molecule has 2 rings (SSSR count). The second-order valence-electron chi connectivity index (χ2n) is 7.09. The molecule has 8 nitrogen and oxygen atoms in total. The van der Waals surface area contributed by atoms with E-state index in [1.54, 1.807) is 7.11 Å². The number of rotatable bonds is 8. The zero-order valence-electron chi connectivity index (χ0n) is 15.8. The van der Waals surface area contributed by atoms with Crippen LogP contribution in [0.1, 0.15) is 51.0 Å². The molecule has 1 atom stereocenters. The number of hydrogen-bond acceptors (Lipinski definition) is 7. The largest absolute Gasteiger partial charge is 0.497 e. The number of carbonyl (C=O) groups excluding carboxylic acids is 1. The lowest BCUT2D eigenvalue weighted by atomic mass is 10.1. The lowest BCUT2D eigenvalue weighted by molar-refractivity contribution is -0.154. The number of methoxy groups -OCH3 is 1. The molecule has 0 saturated heterocycles. The number of benzene rings is 1. The Balaban J connectivity index is 1.81. The minimum Gasteiger partial charge on any atom is -0.497 e. The quantitative estimate of drug-likeness (QED) is 0.717. The van der Waals surface area contributed by atoms with Crippen LogP contribution in [0.3, 0.4) is 0 Å². The Morgan fingerprint density at radius 3 is 2.58 bits per heavy atom. The molecule has 2 N–H and O–H groups in total. The van der Waals surface area contributed by atoms with E-state index in [9.17, 15) is 4.79 Å². The summed E-state index contributed by atoms with van der Waals surface area (Å²) in [5.74, 6) is 1.06. The van der Waals surface area contributed by atoms with E-state index in [0.717, 1.165) is 11.3 Å². The standard InChI is InChI=1S/C18H27N5O3/c1-18(2,3)26-16(24)6-5-11-23-21-17(20-22-23)15(19)12-13-7-9-14(25-4)10-8-13/h7-10,15H,5-6,11-12,19H2,1-4H3/t15-/m0/s1. The van der Waals surface area contributed by atoms with Crippen molar-refractivity contribution in [1.29, 1.82) is 0 Å². The van der Waals surface area contributed by atoms with Crippen LogP contribution in [0.2, 0.25) is 0 Å². The van der Waals surface area contributed by atoms with Crippen molar-refractivity contribution < 1.29 is 14.3 Å². The summed E-state index contributed by atoms with van der Waals surface area (Å²) in [5, 5.41) is 12.3. The van der Waals surface area contributed by atoms with E-state index in [2.05, 4.69) is 15.4 Å². The molecule has 0 aliphatic rings. The van der Waals surface area contributed by atoms with E-state index in [0.29, 0.717) is 31.6 Å². The van der Waals surface area contributed by atoms with Gasteiger partial charge in [-0.2, -0.15) is 4.80 Å². The summed E-state index contributed by atoms with van der Waals surface area (Å²) < 4.78 is 10.4. The number of esters is 1. The van der Waals surface area contributed by atoms with Crippen LogP contribution in [0.4, 0.5) is 0 Å². The highest BCUT2D eigenvalue weighted by Crippen LogP contribution is 2.16. The van der Waals surface area contributed by atoms with E-state index < -0.39 is 5.60 Å². The highest BCUT2D eigenvalue weighted by atomic mass is 16.6. The van der Waals surface area contributed by atoms with E-state index in [-0.39, 0.29) is 12.0 Å². The van der Waals surface area contributed by atoms with Gasteiger partial charge in [-0.25, -0.2) is 0 Å². The molecule has 0 fully saturated rings. The number of ether oxygens (including phenoxy) is 2. The average Bonchev–Trinajstić information content (AvgIpc) is 3.03. The molecule has 0 spiro atoms. The summed E-state index contributed by atoms with van der Waals surface area (Å²) in [7, 11) is 1.63. The van der Waals surface area contributed by atoms with Crippen LogP contribution in [-0.4, -0.2) is 38.9 Å². The highest BCUT2D eigenvalue weighted by Gasteiger charge is 2.17. The zero-order valence-corrected chi connectivity index (χ0v) is 15.8. The van der Waals surface area contributed by atoms with Crippen molar-refractivity contribution in [1.82, 2.24) is 20.2 Å². The number of tetrazole rings is 1. The Morgan fingerprint density at radius 2 is 1.96 bits per heavy atom. The van der Waals surface area contributed by atoms with Crippen molar-refractivity contribution in [2.45, 2.75) is 58.2 Å². The van der Waals surface area contributed by atoms with E-state index in [4.69, 9.17) is 15.2 Å². The number of nitrogens with two attached hydrogens (primary N) is 1. The van der Waals surface area contributed by atoms with Crippen LogP contribution >= 0.6 is 0 Å². The summed E-state index contributed by atoms with van der Waals surface area (Å²) in [4.78, 5) is 13.2. The first-order valence-electron chi connectivity index (χ1n) is 8.65. The number of aromatic nitrogens is 4. The minimum absolute atomic E-state index is 0.228. The molecule has 0 aliphatic carbocycles. The first-order chi connectivity index (χ1) is 12.3. The van der Waals surface area contributed by atoms with Gasteiger partial charge in [-0.1, -0.05) is 12.1 Å². The van der Waals surface area contributed by atoms with Gasteiger partial charge in [-0.15, -0.1) is 10.2 Å². The highest BCUT2D eigenvalue weighted by molar-refractivity contribution is 5.69. The van der Waals surface area contributed by atoms with Gasteiger partial charge in [0.05, 0.1) is 19.7 Å². The Labute approximate surface area is 153 Å². The maximum atomic E-state index is 11.7. The Hall–Kier alpha value is -2.48. The number of nitrogens with zero attached hydrogens (tertiary/aromatic N) is 4. The van der Waals surface area contributed by atoms with Crippen LogP contribution in [0.15, 0.2) is 24.3 Å². The predicted molar refractivity (Wildman–Crippen MR) is 96.5 cm³/mol. The third kappa shape index (κ3) is 6.44. The van der Waals surface area contributed by atoms with E-state index in [1.165, 1.54) is 4.80 Å². The molecule has 1 heterocycles. The number of aryl methyl sites for hydroxylation is 1. The van der Waals surface area contributed by atoms with Gasteiger partial charge in [0.15, 0.2) is 5.82 Å². The summed E-state index contributed by atoms with van der Waals surface area (Å²) in [5.41, 5.74) is 6.77. The minimum atomic E-state index is -0.468. The second-order valence-corrected chi connectivity index (χ2v) is 7.09. The van der Waals surface area contributed by atoms with Crippen molar-refractivity contribution in [3.63, 3.8) is 0 Å². The second kappa shape index (κ2) is 8.75. The van der Waals surface area contributed by atoms with Gasteiger partial charge >= 0.3 is 5.97 Å². The van der Waals surface area contributed by atoms with Gasteiger partial charge in [-0.05, 0) is 56.5 Å². The molecule has 0 amide bonds. The SMILES string of the molecule is COc1ccc(C[C@H](N)c2nnn(CCCC(=O)OC(C)(C)C)n2)cc1. The fourth-order valence-electron chi connectivity index (χ4n) is 2.36. The van der Waals surface area contributed by atoms with Gasteiger partial charge in [0.1, 0.15) is 11.4 Å². The molecule has 0 aliphatic heterocycles. The van der Waals surface area contributed by atoms with E-state index >= 15 is 0 Å². The molecular formula is C18H27N5O3. The lowest BCUT2D eigenvalue weighted by Crippen LogP contribution is -2.24. The van der Waals surface area contributed by atoms with Crippen LogP contribution in [0.5, 0.6) is 5.75 Å². The van der Waals surface area contributed by atoms with Gasteiger partial charge in [-0.3, -0.25) is 4.79 Å². The third-order valence-electron chi connectivity index (χ3n) is 3.57. The molecule has 1 aromatic carbocycles. The molecular weight excluding hydrogens is 334 g/mol. The molecule has 8 heteroatoms. The van der Waals surface area contributed by atoms with Gasteiger partial charge < -0.3 is 15.2 Å². The van der Waals surface area contributed by atoms with Crippen LogP contribution in [0.25, 0.3) is 0 Å². The van der Waals surface area contributed by atoms with Crippen molar-refractivity contribution in [2.24, 2.45) is 5.73 Å². The normalized spacial score (nSPS) is 12.7. The topological polar surface area (TPSA) is 105 Å². The third-order valence-corrected chi connectivity index (χ3v) is 3.57. The maximum absolute atomic E-state index is 11.7. The zero-order chi connectivity index (χ0) is 19.2. The fourth-order valence-corrected chi connectivity index (χ4v) is 2.36. The van der Waals surface area contributed by atoms with Crippen LogP contribution in [0, 0.1) is 0 Å². The lowest BCUT2D eigenvalue weighted by Gasteiger charge is -2.19. The van der Waals surface area contributed by atoms with Gasteiger partial charge in [0.2, 0.25) is 0 Å². The summed E-state index contributed by atoms with van der Waals surface area (Å²) in [6.45, 7) is 6.03. The Morgan fingerprint density at radius 1 is 1.27 bits per heavy atom. The predicted octanol–water partition coefficient (Wildman–Crippen LogP) is 2.05. The number of carbonyl (C=O) groups is 1. The Bertz CT molecular complexity index is 706. The monoisotopic (exact) mass is 361 g/mol. The first kappa shape index (κ1) is 19.8. The van der Waals surface area contributed by atoms with Crippen molar-refractivity contribution in [3.8, 4) is 5.75 Å². The molecule has 26 heavy (non-hydrogen) atoms. The molecule has 1 aromatic heterocycles. The maximum Gasteiger partial charge on any atom is 0.306 e. The molecule has 0 radical (unpaired) electrons. The summed E-state index contributed by atoms with van der Waals surface area (Å²) >= 11 is 0. The first-order valence-corrected chi connectivity index (χ1v) is 8.65. The number of hydrogen-bond donors (Lipinski definition) is 1. The van der Waals surface area contributed by atoms with Crippen LogP contribution in [-0.2, 0) is 22.5 Å². The van der Waals surface area contributed by atoms with E-state index in [1.807, 2.05) is 45.0 Å². The Kier molecular flexibility index (Phi) is 6.68. The van der Waals surface area contributed by atoms with Gasteiger partial charge in [0, 0.05) is 6.42 Å².